The highest BCUT2D eigenvalue weighted by atomic mass is 16.5. The number of benzene rings is 2. The van der Waals surface area contributed by atoms with Crippen molar-refractivity contribution in [3.63, 3.8) is 0 Å². The van der Waals surface area contributed by atoms with E-state index in [2.05, 4.69) is 10.6 Å². The summed E-state index contributed by atoms with van der Waals surface area (Å²) < 4.78 is 4.87. The number of anilines is 1. The van der Waals surface area contributed by atoms with Crippen LogP contribution in [-0.2, 0) is 16.0 Å². The van der Waals surface area contributed by atoms with Gasteiger partial charge >= 0.3 is 0 Å². The van der Waals surface area contributed by atoms with Crippen LogP contribution in [0.1, 0.15) is 21.5 Å². The van der Waals surface area contributed by atoms with Crippen molar-refractivity contribution in [3.8, 4) is 6.07 Å². The minimum atomic E-state index is -0.255. The summed E-state index contributed by atoms with van der Waals surface area (Å²) in [4.78, 5) is 23.9. The van der Waals surface area contributed by atoms with Crippen molar-refractivity contribution in [2.24, 2.45) is 0 Å². The van der Waals surface area contributed by atoms with Crippen LogP contribution in [0.2, 0.25) is 0 Å². The summed E-state index contributed by atoms with van der Waals surface area (Å²) in [5.41, 5.74) is 2.47. The predicted molar refractivity (Wildman–Crippen MR) is 94.1 cm³/mol. The quantitative estimate of drug-likeness (QED) is 0.757. The number of nitriles is 1. The van der Waals surface area contributed by atoms with Gasteiger partial charge in [0.05, 0.1) is 24.7 Å². The summed E-state index contributed by atoms with van der Waals surface area (Å²) >= 11 is 0. The minimum absolute atomic E-state index is 0.0774. The van der Waals surface area contributed by atoms with E-state index >= 15 is 0 Å². The van der Waals surface area contributed by atoms with Crippen LogP contribution in [0.25, 0.3) is 0 Å². The average molecular weight is 337 g/mol. The molecule has 128 valence electrons. The molecule has 0 aliphatic heterocycles. The number of carbonyl (C=O) groups excluding carboxylic acids is 2. The molecule has 6 nitrogen and oxygen atoms in total. The molecule has 2 rings (SSSR count). The fraction of sp³-hybridized carbons (Fsp3) is 0.211. The van der Waals surface area contributed by atoms with Crippen LogP contribution in [-0.4, -0.2) is 32.1 Å². The van der Waals surface area contributed by atoms with E-state index in [0.717, 1.165) is 5.56 Å². The van der Waals surface area contributed by atoms with Crippen LogP contribution in [0.4, 0.5) is 5.69 Å². The molecule has 0 aliphatic carbocycles. The molecular weight excluding hydrogens is 318 g/mol. The van der Waals surface area contributed by atoms with E-state index in [9.17, 15) is 9.59 Å². The van der Waals surface area contributed by atoms with Crippen molar-refractivity contribution in [1.29, 1.82) is 5.26 Å². The van der Waals surface area contributed by atoms with Crippen molar-refractivity contribution >= 4 is 17.5 Å². The molecule has 0 saturated carbocycles. The molecular formula is C19H19N3O3. The second kappa shape index (κ2) is 9.21. The van der Waals surface area contributed by atoms with Gasteiger partial charge in [-0.3, -0.25) is 9.59 Å². The van der Waals surface area contributed by atoms with Gasteiger partial charge in [-0.25, -0.2) is 0 Å². The molecule has 0 aliphatic rings. The number of nitrogens with zero attached hydrogens (tertiary/aromatic N) is 1. The summed E-state index contributed by atoms with van der Waals surface area (Å²) in [6, 6.07) is 15.5. The van der Waals surface area contributed by atoms with Gasteiger partial charge < -0.3 is 15.4 Å². The Morgan fingerprint density at radius 2 is 1.76 bits per heavy atom. The SMILES string of the molecule is COCCNC(=O)Cc1ccc(NC(=O)c2ccc(C#N)cc2)cc1. The Bertz CT molecular complexity index is 762. The molecule has 0 radical (unpaired) electrons. The molecule has 2 aromatic rings. The standard InChI is InChI=1S/C19H19N3O3/c1-25-11-10-21-18(23)12-14-4-8-17(9-5-14)22-19(24)16-6-2-15(13-20)3-7-16/h2-9H,10-12H2,1H3,(H,21,23)(H,22,24). The Kier molecular flexibility index (Phi) is 6.69. The topological polar surface area (TPSA) is 91.2 Å². The highest BCUT2D eigenvalue weighted by Gasteiger charge is 2.07. The second-order valence-electron chi connectivity index (χ2n) is 5.36. The fourth-order valence-electron chi connectivity index (χ4n) is 2.15. The summed E-state index contributed by atoms with van der Waals surface area (Å²) in [5.74, 6) is -0.332. The molecule has 2 aromatic carbocycles. The zero-order valence-corrected chi connectivity index (χ0v) is 13.9. The first-order valence-corrected chi connectivity index (χ1v) is 7.78. The molecule has 0 atom stereocenters. The van der Waals surface area contributed by atoms with Gasteiger partial charge in [0, 0.05) is 24.9 Å². The first-order valence-electron chi connectivity index (χ1n) is 7.78. The number of hydrogen-bond donors (Lipinski definition) is 2. The van der Waals surface area contributed by atoms with Crippen molar-refractivity contribution in [2.75, 3.05) is 25.6 Å². The van der Waals surface area contributed by atoms with Gasteiger partial charge in [-0.1, -0.05) is 12.1 Å². The normalized spacial score (nSPS) is 9.92. The maximum absolute atomic E-state index is 12.2. The van der Waals surface area contributed by atoms with Gasteiger partial charge in [0.25, 0.3) is 5.91 Å². The molecule has 0 unspecified atom stereocenters. The Morgan fingerprint density at radius 1 is 1.08 bits per heavy atom. The van der Waals surface area contributed by atoms with Crippen molar-refractivity contribution in [2.45, 2.75) is 6.42 Å². The van der Waals surface area contributed by atoms with Crippen LogP contribution in [0, 0.1) is 11.3 Å². The van der Waals surface area contributed by atoms with Crippen molar-refractivity contribution in [3.05, 3.63) is 65.2 Å². The number of hydrogen-bond acceptors (Lipinski definition) is 4. The summed E-state index contributed by atoms with van der Waals surface area (Å²) in [6.45, 7) is 0.958. The van der Waals surface area contributed by atoms with Crippen LogP contribution >= 0.6 is 0 Å². The van der Waals surface area contributed by atoms with Gasteiger partial charge in [0.15, 0.2) is 0 Å². The second-order valence-corrected chi connectivity index (χ2v) is 5.36. The zero-order chi connectivity index (χ0) is 18.1. The highest BCUT2D eigenvalue weighted by molar-refractivity contribution is 6.04. The van der Waals surface area contributed by atoms with Gasteiger partial charge in [-0.05, 0) is 42.0 Å². The molecule has 0 saturated heterocycles. The maximum atomic E-state index is 12.2. The summed E-state index contributed by atoms with van der Waals surface area (Å²) in [7, 11) is 1.58. The number of methoxy groups -OCH3 is 1. The molecule has 0 bridgehead atoms. The van der Waals surface area contributed by atoms with Crippen LogP contribution < -0.4 is 10.6 Å². The highest BCUT2D eigenvalue weighted by Crippen LogP contribution is 2.12. The Hall–Kier alpha value is -3.17. The number of nitrogens with one attached hydrogen (secondary N) is 2. The lowest BCUT2D eigenvalue weighted by molar-refractivity contribution is -0.120. The fourth-order valence-corrected chi connectivity index (χ4v) is 2.15. The molecule has 0 fully saturated rings. The maximum Gasteiger partial charge on any atom is 0.255 e. The third-order valence-corrected chi connectivity index (χ3v) is 3.48. The Balaban J connectivity index is 1.90. The number of ether oxygens (including phenoxy) is 1. The van der Waals surface area contributed by atoms with E-state index < -0.39 is 0 Å². The van der Waals surface area contributed by atoms with E-state index in [1.54, 1.807) is 55.6 Å². The predicted octanol–water partition coefficient (Wildman–Crippen LogP) is 2.12. The lowest BCUT2D eigenvalue weighted by atomic mass is 10.1. The molecule has 0 aromatic heterocycles. The van der Waals surface area contributed by atoms with E-state index in [1.807, 2.05) is 6.07 Å². The molecule has 25 heavy (non-hydrogen) atoms. The van der Waals surface area contributed by atoms with Crippen molar-refractivity contribution < 1.29 is 14.3 Å². The monoisotopic (exact) mass is 337 g/mol. The van der Waals surface area contributed by atoms with Crippen LogP contribution in [0.5, 0.6) is 0 Å². The van der Waals surface area contributed by atoms with Gasteiger partial charge in [-0.15, -0.1) is 0 Å². The van der Waals surface area contributed by atoms with Crippen molar-refractivity contribution in [1.82, 2.24) is 5.32 Å². The van der Waals surface area contributed by atoms with E-state index in [4.69, 9.17) is 10.00 Å². The molecule has 2 amide bonds. The molecule has 2 N–H and O–H groups in total. The Morgan fingerprint density at radius 3 is 2.36 bits per heavy atom. The Labute approximate surface area is 146 Å². The average Bonchev–Trinajstić information content (AvgIpc) is 2.63. The summed E-state index contributed by atoms with van der Waals surface area (Å²) in [5, 5.41) is 14.3. The van der Waals surface area contributed by atoms with Crippen LogP contribution in [0.15, 0.2) is 48.5 Å². The molecule has 0 spiro atoms. The lowest BCUT2D eigenvalue weighted by Crippen LogP contribution is -2.28. The van der Waals surface area contributed by atoms with Gasteiger partial charge in [0.2, 0.25) is 5.91 Å². The zero-order valence-electron chi connectivity index (χ0n) is 13.9. The van der Waals surface area contributed by atoms with E-state index in [-0.39, 0.29) is 18.2 Å². The number of rotatable bonds is 7. The van der Waals surface area contributed by atoms with Gasteiger partial charge in [0.1, 0.15) is 0 Å². The third-order valence-electron chi connectivity index (χ3n) is 3.48. The smallest absolute Gasteiger partial charge is 0.255 e. The minimum Gasteiger partial charge on any atom is -0.383 e. The number of amides is 2. The van der Waals surface area contributed by atoms with Crippen LogP contribution in [0.3, 0.4) is 0 Å². The first-order chi connectivity index (χ1) is 12.1. The molecule has 6 heteroatoms. The lowest BCUT2D eigenvalue weighted by Gasteiger charge is -2.07. The van der Waals surface area contributed by atoms with E-state index in [1.165, 1.54) is 0 Å². The third kappa shape index (κ3) is 5.75. The largest absolute Gasteiger partial charge is 0.383 e. The summed E-state index contributed by atoms with van der Waals surface area (Å²) in [6.07, 6.45) is 0.271. The first kappa shape index (κ1) is 18.2. The number of carbonyl (C=O) groups is 2. The van der Waals surface area contributed by atoms with Gasteiger partial charge in [-0.2, -0.15) is 5.26 Å². The molecule has 0 heterocycles. The van der Waals surface area contributed by atoms with E-state index in [0.29, 0.717) is 30.0 Å².